The lowest BCUT2D eigenvalue weighted by molar-refractivity contribution is 0.261. The molecule has 1 N–H and O–H groups in total. The van der Waals surface area contributed by atoms with Crippen molar-refractivity contribution in [1.82, 2.24) is 5.32 Å². The molecule has 3 atom stereocenters. The third-order valence-corrected chi connectivity index (χ3v) is 4.93. The first-order valence-corrected chi connectivity index (χ1v) is 6.93. The fraction of sp³-hybridized carbons (Fsp3) is 1.00. The van der Waals surface area contributed by atoms with Crippen molar-refractivity contribution in [3.63, 3.8) is 0 Å². The van der Waals surface area contributed by atoms with Crippen LogP contribution >= 0.6 is 0 Å². The average Bonchev–Trinajstić information content (AvgIpc) is 2.53. The Morgan fingerprint density at radius 3 is 2.00 bits per heavy atom. The Morgan fingerprint density at radius 2 is 1.47 bits per heavy atom. The molecule has 0 aliphatic heterocycles. The molecule has 2 rings (SSSR count). The summed E-state index contributed by atoms with van der Waals surface area (Å²) in [6, 6.07) is 1.65. The highest BCUT2D eigenvalue weighted by Crippen LogP contribution is 2.33. The molecule has 2 fully saturated rings. The second kappa shape index (κ2) is 4.86. The number of nitrogens with one attached hydrogen (secondary N) is 1. The summed E-state index contributed by atoms with van der Waals surface area (Å²) in [6.45, 7) is 7.24. The highest BCUT2D eigenvalue weighted by atomic mass is 15.0. The van der Waals surface area contributed by atoms with E-state index in [0.717, 1.165) is 29.8 Å². The zero-order valence-electron chi connectivity index (χ0n) is 10.6. The van der Waals surface area contributed by atoms with Gasteiger partial charge in [-0.25, -0.2) is 0 Å². The Balaban J connectivity index is 1.77. The van der Waals surface area contributed by atoms with Gasteiger partial charge >= 0.3 is 0 Å². The lowest BCUT2D eigenvalue weighted by Crippen LogP contribution is -2.42. The van der Waals surface area contributed by atoms with Crippen LogP contribution in [0.5, 0.6) is 0 Å². The maximum atomic E-state index is 3.92. The third kappa shape index (κ3) is 2.75. The van der Waals surface area contributed by atoms with Gasteiger partial charge in [-0.05, 0) is 56.3 Å². The molecule has 0 radical (unpaired) electrons. The monoisotopic (exact) mass is 209 g/mol. The largest absolute Gasteiger partial charge is 0.311 e. The summed E-state index contributed by atoms with van der Waals surface area (Å²) in [7, 11) is 0. The standard InChI is InChI=1S/C14H27N/c1-10-4-7-13(8-5-10)15-14-9-6-11(2)12(14)3/h10-15H,4-9H2,1-3H3. The van der Waals surface area contributed by atoms with Crippen molar-refractivity contribution in [3.05, 3.63) is 0 Å². The second-order valence-electron chi connectivity index (χ2n) is 6.14. The molecule has 0 saturated heterocycles. The highest BCUT2D eigenvalue weighted by Gasteiger charge is 2.31. The van der Waals surface area contributed by atoms with Crippen LogP contribution in [-0.4, -0.2) is 12.1 Å². The van der Waals surface area contributed by atoms with Crippen molar-refractivity contribution in [1.29, 1.82) is 0 Å². The first kappa shape index (κ1) is 11.4. The van der Waals surface area contributed by atoms with E-state index in [4.69, 9.17) is 0 Å². The minimum absolute atomic E-state index is 0.818. The van der Waals surface area contributed by atoms with Crippen LogP contribution in [0.3, 0.4) is 0 Å². The van der Waals surface area contributed by atoms with E-state index in [1.165, 1.54) is 38.5 Å². The van der Waals surface area contributed by atoms with Crippen molar-refractivity contribution < 1.29 is 0 Å². The summed E-state index contributed by atoms with van der Waals surface area (Å²) in [5.41, 5.74) is 0. The normalized spacial score (nSPS) is 47.0. The Morgan fingerprint density at radius 1 is 0.800 bits per heavy atom. The highest BCUT2D eigenvalue weighted by molar-refractivity contribution is 4.88. The van der Waals surface area contributed by atoms with Gasteiger partial charge in [-0.2, -0.15) is 0 Å². The van der Waals surface area contributed by atoms with Crippen LogP contribution in [0.2, 0.25) is 0 Å². The maximum Gasteiger partial charge on any atom is 0.00979 e. The molecule has 2 aliphatic carbocycles. The third-order valence-electron chi connectivity index (χ3n) is 4.93. The van der Waals surface area contributed by atoms with Gasteiger partial charge in [0, 0.05) is 12.1 Å². The molecule has 1 heteroatoms. The molecule has 2 aliphatic rings. The molecular formula is C14H27N. The van der Waals surface area contributed by atoms with Gasteiger partial charge in [-0.15, -0.1) is 0 Å². The molecular weight excluding hydrogens is 182 g/mol. The molecule has 3 unspecified atom stereocenters. The number of hydrogen-bond donors (Lipinski definition) is 1. The molecule has 0 aromatic carbocycles. The van der Waals surface area contributed by atoms with Crippen molar-refractivity contribution in [3.8, 4) is 0 Å². The molecule has 88 valence electrons. The van der Waals surface area contributed by atoms with Gasteiger partial charge in [0.2, 0.25) is 0 Å². The summed E-state index contributed by atoms with van der Waals surface area (Å²) < 4.78 is 0. The van der Waals surface area contributed by atoms with Crippen LogP contribution in [0, 0.1) is 17.8 Å². The van der Waals surface area contributed by atoms with E-state index in [0.29, 0.717) is 0 Å². The summed E-state index contributed by atoms with van der Waals surface area (Å²) in [5.74, 6) is 2.80. The van der Waals surface area contributed by atoms with E-state index >= 15 is 0 Å². The maximum absolute atomic E-state index is 3.92. The van der Waals surface area contributed by atoms with Gasteiger partial charge in [0.25, 0.3) is 0 Å². The van der Waals surface area contributed by atoms with Gasteiger partial charge in [-0.3, -0.25) is 0 Å². The quantitative estimate of drug-likeness (QED) is 0.733. The minimum atomic E-state index is 0.818. The van der Waals surface area contributed by atoms with Crippen LogP contribution in [-0.2, 0) is 0 Å². The summed E-state index contributed by atoms with van der Waals surface area (Å²) in [4.78, 5) is 0. The summed E-state index contributed by atoms with van der Waals surface area (Å²) >= 11 is 0. The fourth-order valence-electron chi connectivity index (χ4n) is 3.33. The Hall–Kier alpha value is -0.0400. The van der Waals surface area contributed by atoms with Crippen LogP contribution in [0.15, 0.2) is 0 Å². The minimum Gasteiger partial charge on any atom is -0.311 e. The smallest absolute Gasteiger partial charge is 0.00979 e. The van der Waals surface area contributed by atoms with Gasteiger partial charge in [0.1, 0.15) is 0 Å². The fourth-order valence-corrected chi connectivity index (χ4v) is 3.33. The predicted molar refractivity (Wildman–Crippen MR) is 65.9 cm³/mol. The topological polar surface area (TPSA) is 12.0 Å². The van der Waals surface area contributed by atoms with E-state index in [-0.39, 0.29) is 0 Å². The molecule has 0 heterocycles. The van der Waals surface area contributed by atoms with E-state index in [9.17, 15) is 0 Å². The summed E-state index contributed by atoms with van der Waals surface area (Å²) in [5, 5.41) is 3.92. The first-order chi connectivity index (χ1) is 7.16. The number of hydrogen-bond acceptors (Lipinski definition) is 1. The first-order valence-electron chi connectivity index (χ1n) is 6.93. The van der Waals surface area contributed by atoms with Gasteiger partial charge in [0.15, 0.2) is 0 Å². The van der Waals surface area contributed by atoms with E-state index in [1.807, 2.05) is 0 Å². The Bertz CT molecular complexity index is 194. The van der Waals surface area contributed by atoms with Gasteiger partial charge in [-0.1, -0.05) is 20.8 Å². The van der Waals surface area contributed by atoms with Crippen molar-refractivity contribution in [2.24, 2.45) is 17.8 Å². The predicted octanol–water partition coefficient (Wildman–Crippen LogP) is 3.59. The van der Waals surface area contributed by atoms with E-state index in [2.05, 4.69) is 26.1 Å². The van der Waals surface area contributed by atoms with Crippen LogP contribution in [0.25, 0.3) is 0 Å². The van der Waals surface area contributed by atoms with Crippen LogP contribution < -0.4 is 5.32 Å². The molecule has 1 nitrogen and oxygen atoms in total. The molecule has 2 saturated carbocycles. The Kier molecular flexibility index (Phi) is 3.71. The lowest BCUT2D eigenvalue weighted by atomic mass is 9.86. The second-order valence-corrected chi connectivity index (χ2v) is 6.14. The van der Waals surface area contributed by atoms with E-state index < -0.39 is 0 Å². The Labute approximate surface area is 95.0 Å². The van der Waals surface area contributed by atoms with Crippen LogP contribution in [0.1, 0.15) is 59.3 Å². The van der Waals surface area contributed by atoms with Crippen molar-refractivity contribution in [2.75, 3.05) is 0 Å². The SMILES string of the molecule is CC1CCC(NC2CCC(C)C2C)CC1. The van der Waals surface area contributed by atoms with Crippen LogP contribution in [0.4, 0.5) is 0 Å². The van der Waals surface area contributed by atoms with Crippen molar-refractivity contribution >= 4 is 0 Å². The lowest BCUT2D eigenvalue weighted by Gasteiger charge is -2.31. The zero-order valence-corrected chi connectivity index (χ0v) is 10.6. The average molecular weight is 209 g/mol. The van der Waals surface area contributed by atoms with E-state index in [1.54, 1.807) is 0 Å². The van der Waals surface area contributed by atoms with Gasteiger partial charge < -0.3 is 5.32 Å². The molecule has 0 spiro atoms. The molecule has 15 heavy (non-hydrogen) atoms. The van der Waals surface area contributed by atoms with Crippen molar-refractivity contribution in [2.45, 2.75) is 71.4 Å². The van der Waals surface area contributed by atoms with Gasteiger partial charge in [0.05, 0.1) is 0 Å². The number of rotatable bonds is 2. The zero-order chi connectivity index (χ0) is 10.8. The molecule has 0 amide bonds. The summed E-state index contributed by atoms with van der Waals surface area (Å²) in [6.07, 6.45) is 8.55. The molecule has 0 aromatic rings. The molecule has 0 aromatic heterocycles. The molecule has 0 bridgehead atoms.